The lowest BCUT2D eigenvalue weighted by Gasteiger charge is -2.41. The van der Waals surface area contributed by atoms with Crippen LogP contribution in [0.3, 0.4) is 0 Å². The van der Waals surface area contributed by atoms with E-state index in [1.165, 1.54) is 0 Å². The second-order valence-electron chi connectivity index (χ2n) is 8.60. The number of benzene rings is 1. The van der Waals surface area contributed by atoms with E-state index in [9.17, 15) is 14.4 Å². The molecule has 1 fully saturated rings. The molecule has 0 radical (unpaired) electrons. The van der Waals surface area contributed by atoms with Gasteiger partial charge in [-0.2, -0.15) is 5.10 Å². The lowest BCUT2D eigenvalue weighted by atomic mass is 9.72. The van der Waals surface area contributed by atoms with Crippen molar-refractivity contribution in [3.8, 4) is 11.1 Å². The van der Waals surface area contributed by atoms with Gasteiger partial charge in [0.1, 0.15) is 5.71 Å². The quantitative estimate of drug-likeness (QED) is 0.709. The van der Waals surface area contributed by atoms with Gasteiger partial charge in [-0.25, -0.2) is 5.43 Å². The summed E-state index contributed by atoms with van der Waals surface area (Å²) in [6.07, 6.45) is 5.91. The molecule has 1 saturated heterocycles. The van der Waals surface area contributed by atoms with Gasteiger partial charge in [-0.3, -0.25) is 19.4 Å². The number of rotatable bonds is 6. The summed E-state index contributed by atoms with van der Waals surface area (Å²) >= 11 is 0. The first-order valence-electron chi connectivity index (χ1n) is 11.4. The Morgan fingerprint density at radius 1 is 1.12 bits per heavy atom. The highest BCUT2D eigenvalue weighted by atomic mass is 16.2. The fraction of sp³-hybridized carbons (Fsp3) is 0.400. The van der Waals surface area contributed by atoms with Crippen LogP contribution in [0.4, 0.5) is 0 Å². The number of carbonyl (C=O) groups is 3. The Kier molecular flexibility index (Phi) is 6.82. The van der Waals surface area contributed by atoms with Crippen LogP contribution < -0.4 is 10.7 Å². The van der Waals surface area contributed by atoms with Crippen molar-refractivity contribution >= 4 is 23.4 Å². The fourth-order valence-corrected chi connectivity index (χ4v) is 4.62. The third kappa shape index (κ3) is 4.94. The van der Waals surface area contributed by atoms with E-state index in [4.69, 9.17) is 0 Å². The summed E-state index contributed by atoms with van der Waals surface area (Å²) in [5, 5.41) is 6.96. The molecule has 2 N–H and O–H groups in total. The minimum absolute atomic E-state index is 0.0281. The third-order valence-corrected chi connectivity index (χ3v) is 6.50. The van der Waals surface area contributed by atoms with Crippen molar-refractivity contribution in [3.63, 3.8) is 0 Å². The summed E-state index contributed by atoms with van der Waals surface area (Å²) in [4.78, 5) is 43.5. The largest absolute Gasteiger partial charge is 0.356 e. The molecule has 8 nitrogen and oxygen atoms in total. The van der Waals surface area contributed by atoms with Gasteiger partial charge in [0.05, 0.1) is 5.41 Å². The number of hydrazone groups is 1. The van der Waals surface area contributed by atoms with Crippen molar-refractivity contribution in [3.05, 3.63) is 54.4 Å². The molecular weight excluding hydrogens is 418 g/mol. The third-order valence-electron chi connectivity index (χ3n) is 6.50. The maximum Gasteiger partial charge on any atom is 0.270 e. The van der Waals surface area contributed by atoms with Crippen molar-refractivity contribution in [1.29, 1.82) is 0 Å². The van der Waals surface area contributed by atoms with Crippen LogP contribution in [0.1, 0.15) is 38.2 Å². The predicted molar refractivity (Wildman–Crippen MR) is 125 cm³/mol. The number of hydrogen-bond donors (Lipinski definition) is 2. The number of nitrogens with zero attached hydrogens (tertiary/aromatic N) is 3. The summed E-state index contributed by atoms with van der Waals surface area (Å²) < 4.78 is 0. The molecule has 2 aliphatic rings. The highest BCUT2D eigenvalue weighted by Crippen LogP contribution is 2.38. The number of pyridine rings is 1. The molecule has 0 aliphatic carbocycles. The molecule has 2 aliphatic heterocycles. The zero-order chi connectivity index (χ0) is 23.3. The predicted octanol–water partition coefficient (Wildman–Crippen LogP) is 2.30. The molecule has 1 aromatic heterocycles. The standard InChI is InChI=1S/C25H29N5O3/c1-2-27-24(33)25(16-18-6-3-4-8-20(18)19-7-5-13-26-17-19)11-14-30(15-12-25)23(32)21-9-10-22(31)29-28-21/h3-8,13,17H,2,9-12,14-16H2,1H3,(H,27,33)(H,29,31). The van der Waals surface area contributed by atoms with Gasteiger partial charge in [0.25, 0.3) is 5.91 Å². The summed E-state index contributed by atoms with van der Waals surface area (Å²) in [5.41, 5.74) is 5.34. The van der Waals surface area contributed by atoms with E-state index in [2.05, 4.69) is 33.0 Å². The van der Waals surface area contributed by atoms with Crippen molar-refractivity contribution in [1.82, 2.24) is 20.6 Å². The van der Waals surface area contributed by atoms with E-state index in [1.807, 2.05) is 37.4 Å². The highest BCUT2D eigenvalue weighted by molar-refractivity contribution is 6.39. The van der Waals surface area contributed by atoms with E-state index in [1.54, 1.807) is 11.1 Å². The topological polar surface area (TPSA) is 104 Å². The average Bonchev–Trinajstić information content (AvgIpc) is 2.85. The maximum absolute atomic E-state index is 13.3. The van der Waals surface area contributed by atoms with Gasteiger partial charge in [-0.05, 0) is 43.4 Å². The van der Waals surface area contributed by atoms with E-state index >= 15 is 0 Å². The van der Waals surface area contributed by atoms with Crippen molar-refractivity contribution < 1.29 is 14.4 Å². The molecule has 1 aromatic carbocycles. The average molecular weight is 448 g/mol. The lowest BCUT2D eigenvalue weighted by molar-refractivity contribution is -0.137. The van der Waals surface area contributed by atoms with E-state index < -0.39 is 5.41 Å². The van der Waals surface area contributed by atoms with Crippen LogP contribution in [-0.2, 0) is 20.8 Å². The first-order chi connectivity index (χ1) is 16.0. The number of carbonyl (C=O) groups excluding carboxylic acids is 3. The van der Waals surface area contributed by atoms with Gasteiger partial charge in [0.2, 0.25) is 11.8 Å². The maximum atomic E-state index is 13.3. The van der Waals surface area contributed by atoms with Gasteiger partial charge in [0, 0.05) is 50.4 Å². The monoisotopic (exact) mass is 447 g/mol. The van der Waals surface area contributed by atoms with Crippen LogP contribution in [0, 0.1) is 5.41 Å². The van der Waals surface area contributed by atoms with Crippen molar-refractivity contribution in [2.24, 2.45) is 10.5 Å². The highest BCUT2D eigenvalue weighted by Gasteiger charge is 2.43. The van der Waals surface area contributed by atoms with Gasteiger partial charge in [0.15, 0.2) is 0 Å². The van der Waals surface area contributed by atoms with Crippen LogP contribution in [0.2, 0.25) is 0 Å². The van der Waals surface area contributed by atoms with Gasteiger partial charge >= 0.3 is 0 Å². The van der Waals surface area contributed by atoms with Crippen molar-refractivity contribution in [2.45, 2.75) is 39.0 Å². The zero-order valence-electron chi connectivity index (χ0n) is 18.8. The van der Waals surface area contributed by atoms with E-state index in [-0.39, 0.29) is 24.1 Å². The Labute approximate surface area is 193 Å². The van der Waals surface area contributed by atoms with E-state index in [0.29, 0.717) is 51.0 Å². The summed E-state index contributed by atoms with van der Waals surface area (Å²) in [5.74, 6) is -0.302. The number of nitrogens with one attached hydrogen (secondary N) is 2. The molecule has 0 unspecified atom stereocenters. The summed E-state index contributed by atoms with van der Waals surface area (Å²) in [7, 11) is 0. The SMILES string of the molecule is CCNC(=O)C1(Cc2ccccc2-c2cccnc2)CCN(C(=O)C2=NNC(=O)CC2)CC1. The van der Waals surface area contributed by atoms with Crippen LogP contribution in [-0.4, -0.2) is 53.0 Å². The number of aromatic nitrogens is 1. The second-order valence-corrected chi connectivity index (χ2v) is 8.60. The van der Waals surface area contributed by atoms with E-state index in [0.717, 1.165) is 16.7 Å². The Balaban J connectivity index is 1.55. The number of piperidine rings is 1. The van der Waals surface area contributed by atoms with Gasteiger partial charge in [-0.1, -0.05) is 30.3 Å². The van der Waals surface area contributed by atoms with Gasteiger partial charge < -0.3 is 10.2 Å². The molecule has 172 valence electrons. The number of likely N-dealkylation sites (tertiary alicyclic amines) is 1. The minimum Gasteiger partial charge on any atom is -0.356 e. The van der Waals surface area contributed by atoms with Crippen LogP contribution >= 0.6 is 0 Å². The normalized spacial score (nSPS) is 17.7. The molecule has 0 atom stereocenters. The first kappa shape index (κ1) is 22.6. The van der Waals surface area contributed by atoms with Gasteiger partial charge in [-0.15, -0.1) is 0 Å². The Morgan fingerprint density at radius 2 is 1.91 bits per heavy atom. The van der Waals surface area contributed by atoms with Crippen LogP contribution in [0.5, 0.6) is 0 Å². The molecule has 0 spiro atoms. The smallest absolute Gasteiger partial charge is 0.270 e. The first-order valence-corrected chi connectivity index (χ1v) is 11.4. The molecule has 4 rings (SSSR count). The Bertz CT molecular complexity index is 1060. The lowest BCUT2D eigenvalue weighted by Crippen LogP contribution is -2.52. The van der Waals surface area contributed by atoms with Crippen LogP contribution in [0.25, 0.3) is 11.1 Å². The Hall–Kier alpha value is -3.55. The molecule has 2 aromatic rings. The molecule has 3 heterocycles. The Morgan fingerprint density at radius 3 is 2.58 bits per heavy atom. The minimum atomic E-state index is -0.603. The van der Waals surface area contributed by atoms with Crippen LogP contribution in [0.15, 0.2) is 53.9 Å². The molecule has 0 saturated carbocycles. The molecule has 8 heteroatoms. The zero-order valence-corrected chi connectivity index (χ0v) is 18.8. The van der Waals surface area contributed by atoms with Crippen molar-refractivity contribution in [2.75, 3.05) is 19.6 Å². The molecule has 3 amide bonds. The number of hydrogen-bond acceptors (Lipinski definition) is 5. The summed E-state index contributed by atoms with van der Waals surface area (Å²) in [6, 6.07) is 12.1. The second kappa shape index (κ2) is 9.94. The fourth-order valence-electron chi connectivity index (χ4n) is 4.62. The molecule has 33 heavy (non-hydrogen) atoms. The number of amides is 3. The summed E-state index contributed by atoms with van der Waals surface area (Å²) in [6.45, 7) is 3.42. The molecular formula is C25H29N5O3. The molecule has 0 bridgehead atoms.